The normalized spacial score (nSPS) is 12.8. The highest BCUT2D eigenvalue weighted by Gasteiger charge is 2.21. The Balaban J connectivity index is 2.92. The van der Waals surface area contributed by atoms with Crippen LogP contribution in [0.2, 0.25) is 0 Å². The summed E-state index contributed by atoms with van der Waals surface area (Å²) in [6.45, 7) is 13.0. The summed E-state index contributed by atoms with van der Waals surface area (Å²) in [6.07, 6.45) is 0. The molecule has 0 aliphatic carbocycles. The lowest BCUT2D eigenvalue weighted by molar-refractivity contribution is -0.146. The molecule has 0 radical (unpaired) electrons. The number of carbonyl (C=O) groups excluding carboxylic acids is 1. The van der Waals surface area contributed by atoms with E-state index in [4.69, 9.17) is 4.74 Å². The molecule has 108 valence electrons. The zero-order valence-corrected chi connectivity index (χ0v) is 12.8. The van der Waals surface area contributed by atoms with Gasteiger partial charge in [-0.3, -0.25) is 4.68 Å². The Kier molecular flexibility index (Phi) is 5.54. The number of carbonyl (C=O) groups is 1. The largest absolute Gasteiger partial charge is 0.464 e. The molecule has 5 nitrogen and oxygen atoms in total. The van der Waals surface area contributed by atoms with Gasteiger partial charge in [-0.15, -0.1) is 0 Å². The molecule has 5 heteroatoms. The molecule has 1 aromatic rings. The molecule has 1 rings (SSSR count). The van der Waals surface area contributed by atoms with E-state index in [1.165, 1.54) is 0 Å². The molecule has 0 bridgehead atoms. The third-order valence-corrected chi connectivity index (χ3v) is 3.16. The third kappa shape index (κ3) is 3.80. The fraction of sp³-hybridized carbons (Fsp3) is 0.714. The van der Waals surface area contributed by atoms with Crippen LogP contribution in [0.25, 0.3) is 0 Å². The Labute approximate surface area is 115 Å². The van der Waals surface area contributed by atoms with Crippen LogP contribution in [0.3, 0.4) is 0 Å². The number of nitrogens with one attached hydrogen (secondary N) is 1. The number of rotatable bonds is 6. The predicted octanol–water partition coefficient (Wildman–Crippen LogP) is 2.12. The van der Waals surface area contributed by atoms with Gasteiger partial charge in [-0.2, -0.15) is 5.10 Å². The zero-order valence-electron chi connectivity index (χ0n) is 12.8. The Morgan fingerprint density at radius 2 is 2.00 bits per heavy atom. The maximum absolute atomic E-state index is 11.8. The molecule has 1 heterocycles. The Bertz CT molecular complexity index is 438. The summed E-state index contributed by atoms with van der Waals surface area (Å²) >= 11 is 0. The highest BCUT2D eigenvalue weighted by molar-refractivity contribution is 5.73. The first-order valence-corrected chi connectivity index (χ1v) is 6.83. The minimum absolute atomic E-state index is 0.239. The van der Waals surface area contributed by atoms with Crippen LogP contribution in [0.15, 0.2) is 0 Å². The third-order valence-electron chi connectivity index (χ3n) is 3.16. The minimum atomic E-state index is -0.383. The first kappa shape index (κ1) is 15.7. The van der Waals surface area contributed by atoms with Crippen molar-refractivity contribution >= 4 is 5.97 Å². The van der Waals surface area contributed by atoms with Crippen molar-refractivity contribution in [2.24, 2.45) is 0 Å². The van der Waals surface area contributed by atoms with Crippen molar-refractivity contribution in [3.8, 4) is 0 Å². The first-order chi connectivity index (χ1) is 8.88. The van der Waals surface area contributed by atoms with E-state index in [0.29, 0.717) is 12.6 Å². The topological polar surface area (TPSA) is 56.2 Å². The molecule has 0 aliphatic heterocycles. The van der Waals surface area contributed by atoms with Gasteiger partial charge in [-0.05, 0) is 27.7 Å². The van der Waals surface area contributed by atoms with Crippen molar-refractivity contribution < 1.29 is 9.53 Å². The molecular weight excluding hydrogens is 242 g/mol. The van der Waals surface area contributed by atoms with Crippen molar-refractivity contribution in [1.82, 2.24) is 15.1 Å². The average Bonchev–Trinajstić information content (AvgIpc) is 2.61. The van der Waals surface area contributed by atoms with Gasteiger partial charge in [0.1, 0.15) is 6.04 Å². The maximum atomic E-state index is 11.8. The van der Waals surface area contributed by atoms with E-state index in [0.717, 1.165) is 23.5 Å². The Hall–Kier alpha value is -1.36. The summed E-state index contributed by atoms with van der Waals surface area (Å²) in [5.74, 6) is -0.239. The lowest BCUT2D eigenvalue weighted by Gasteiger charge is -2.13. The fourth-order valence-electron chi connectivity index (χ4n) is 2.00. The number of esters is 1. The van der Waals surface area contributed by atoms with E-state index >= 15 is 0 Å². The van der Waals surface area contributed by atoms with E-state index < -0.39 is 0 Å². The molecule has 1 unspecified atom stereocenters. The maximum Gasteiger partial charge on any atom is 0.330 e. The zero-order chi connectivity index (χ0) is 14.6. The van der Waals surface area contributed by atoms with E-state index in [1.807, 2.05) is 27.7 Å². The highest BCUT2D eigenvalue weighted by Crippen LogP contribution is 2.18. The smallest absolute Gasteiger partial charge is 0.330 e. The predicted molar refractivity (Wildman–Crippen MR) is 75.0 cm³/mol. The number of nitrogens with zero attached hydrogens (tertiary/aromatic N) is 2. The standard InChI is InChI=1S/C14H25N3O2/c1-7-19-14(18)12(6)17-11(5)13(10(4)16-17)8-15-9(2)3/h9,12,15H,7-8H2,1-6H3. The van der Waals surface area contributed by atoms with Gasteiger partial charge in [0.15, 0.2) is 0 Å². The second-order valence-electron chi connectivity index (χ2n) is 5.06. The second kappa shape index (κ2) is 6.70. The molecule has 1 N–H and O–H groups in total. The van der Waals surface area contributed by atoms with E-state index in [9.17, 15) is 4.79 Å². The molecule has 0 aromatic carbocycles. The molecule has 0 saturated heterocycles. The first-order valence-electron chi connectivity index (χ1n) is 6.83. The summed E-state index contributed by atoms with van der Waals surface area (Å²) in [6, 6.07) is 0.0380. The lowest BCUT2D eigenvalue weighted by Crippen LogP contribution is -2.23. The van der Waals surface area contributed by atoms with Crippen molar-refractivity contribution in [2.75, 3.05) is 6.61 Å². The van der Waals surface area contributed by atoms with Gasteiger partial charge in [0.25, 0.3) is 0 Å². The molecule has 19 heavy (non-hydrogen) atoms. The number of aromatic nitrogens is 2. The molecular formula is C14H25N3O2. The Morgan fingerprint density at radius 1 is 1.37 bits per heavy atom. The highest BCUT2D eigenvalue weighted by atomic mass is 16.5. The number of hydrogen-bond acceptors (Lipinski definition) is 4. The van der Waals surface area contributed by atoms with Crippen LogP contribution in [0, 0.1) is 13.8 Å². The van der Waals surface area contributed by atoms with Crippen molar-refractivity contribution in [1.29, 1.82) is 0 Å². The fourth-order valence-corrected chi connectivity index (χ4v) is 2.00. The quantitative estimate of drug-likeness (QED) is 0.802. The summed E-state index contributed by atoms with van der Waals surface area (Å²) in [5, 5.41) is 7.85. The van der Waals surface area contributed by atoms with Gasteiger partial charge in [-0.1, -0.05) is 13.8 Å². The SMILES string of the molecule is CCOC(=O)C(C)n1nc(C)c(CNC(C)C)c1C. The number of ether oxygens (including phenoxy) is 1. The van der Waals surface area contributed by atoms with Crippen LogP contribution in [-0.4, -0.2) is 28.4 Å². The summed E-state index contributed by atoms with van der Waals surface area (Å²) < 4.78 is 6.80. The molecule has 0 spiro atoms. The molecule has 0 saturated carbocycles. The van der Waals surface area contributed by atoms with Crippen molar-refractivity contribution in [3.63, 3.8) is 0 Å². The van der Waals surface area contributed by atoms with Gasteiger partial charge in [0.2, 0.25) is 0 Å². The van der Waals surface area contributed by atoms with E-state index in [-0.39, 0.29) is 12.0 Å². The molecule has 0 aliphatic rings. The monoisotopic (exact) mass is 267 g/mol. The molecule has 1 atom stereocenters. The van der Waals surface area contributed by atoms with E-state index in [2.05, 4.69) is 24.3 Å². The van der Waals surface area contributed by atoms with E-state index in [1.54, 1.807) is 4.68 Å². The van der Waals surface area contributed by atoms with Crippen LogP contribution in [-0.2, 0) is 16.1 Å². The van der Waals surface area contributed by atoms with Crippen LogP contribution in [0.5, 0.6) is 0 Å². The molecule has 0 fully saturated rings. The summed E-state index contributed by atoms with van der Waals surface area (Å²) in [7, 11) is 0. The number of aryl methyl sites for hydroxylation is 1. The second-order valence-corrected chi connectivity index (χ2v) is 5.06. The number of hydrogen-bond donors (Lipinski definition) is 1. The van der Waals surface area contributed by atoms with Crippen molar-refractivity contribution in [3.05, 3.63) is 17.0 Å². The van der Waals surface area contributed by atoms with Gasteiger partial charge in [0.05, 0.1) is 12.3 Å². The molecule has 0 amide bonds. The molecule has 1 aromatic heterocycles. The minimum Gasteiger partial charge on any atom is -0.464 e. The van der Waals surface area contributed by atoms with Gasteiger partial charge < -0.3 is 10.1 Å². The van der Waals surface area contributed by atoms with Gasteiger partial charge in [0, 0.05) is 23.8 Å². The van der Waals surface area contributed by atoms with Gasteiger partial charge in [-0.25, -0.2) is 4.79 Å². The van der Waals surface area contributed by atoms with Crippen LogP contribution < -0.4 is 5.32 Å². The van der Waals surface area contributed by atoms with Gasteiger partial charge >= 0.3 is 5.97 Å². The van der Waals surface area contributed by atoms with Crippen molar-refractivity contribution in [2.45, 2.75) is 60.2 Å². The summed E-state index contributed by atoms with van der Waals surface area (Å²) in [5.41, 5.74) is 3.14. The lowest BCUT2D eigenvalue weighted by atomic mass is 10.2. The van der Waals surface area contributed by atoms with Crippen LogP contribution in [0.1, 0.15) is 50.7 Å². The van der Waals surface area contributed by atoms with Crippen LogP contribution in [0.4, 0.5) is 0 Å². The summed E-state index contributed by atoms with van der Waals surface area (Å²) in [4.78, 5) is 11.8. The Morgan fingerprint density at radius 3 is 2.53 bits per heavy atom. The van der Waals surface area contributed by atoms with Crippen LogP contribution >= 0.6 is 0 Å². The average molecular weight is 267 g/mol.